The minimum Gasteiger partial charge on any atom is -0.496 e. The lowest BCUT2D eigenvalue weighted by Crippen LogP contribution is -2.10. The Morgan fingerprint density at radius 2 is 1.56 bits per heavy atom. The maximum Gasteiger partial charge on any atom is 0.222 e. The topological polar surface area (TPSA) is 42.3 Å². The third-order valence-electron chi connectivity index (χ3n) is 2.66. The number of ether oxygens (including phenoxy) is 2. The molecule has 0 amide bonds. The highest BCUT2D eigenvalue weighted by Crippen LogP contribution is 2.22. The summed E-state index contributed by atoms with van der Waals surface area (Å²) >= 11 is 0. The molecule has 3 heteroatoms. The molecule has 2 aromatic rings. The summed E-state index contributed by atoms with van der Waals surface area (Å²) in [7, 11) is 1.58. The van der Waals surface area contributed by atoms with Crippen LogP contribution in [-0.2, 0) is 0 Å². The maximum atomic E-state index is 8.01. The van der Waals surface area contributed by atoms with Crippen molar-refractivity contribution < 1.29 is 9.47 Å². The van der Waals surface area contributed by atoms with Gasteiger partial charge in [-0.15, -0.1) is 0 Å². The predicted octanol–water partition coefficient (Wildman–Crippen LogP) is 3.41. The zero-order valence-electron chi connectivity index (χ0n) is 10.4. The predicted molar refractivity (Wildman–Crippen MR) is 71.6 cm³/mol. The van der Waals surface area contributed by atoms with Gasteiger partial charge < -0.3 is 9.47 Å². The molecular formula is C15H15NO2. The van der Waals surface area contributed by atoms with E-state index < -0.39 is 0 Å². The first-order valence-corrected chi connectivity index (χ1v) is 5.68. The molecule has 0 aliphatic heterocycles. The summed E-state index contributed by atoms with van der Waals surface area (Å²) in [5.41, 5.74) is 1.64. The summed E-state index contributed by atoms with van der Waals surface area (Å²) in [5, 5.41) is 8.01. The van der Waals surface area contributed by atoms with Crippen molar-refractivity contribution in [2.24, 2.45) is 0 Å². The Morgan fingerprint density at radius 1 is 0.944 bits per heavy atom. The largest absolute Gasteiger partial charge is 0.496 e. The molecule has 18 heavy (non-hydrogen) atoms. The molecule has 3 nitrogen and oxygen atoms in total. The third-order valence-corrected chi connectivity index (χ3v) is 2.66. The van der Waals surface area contributed by atoms with Crippen molar-refractivity contribution in [3.63, 3.8) is 0 Å². The van der Waals surface area contributed by atoms with Crippen molar-refractivity contribution in [3.05, 3.63) is 59.7 Å². The highest BCUT2D eigenvalue weighted by Gasteiger charge is 2.10. The quantitative estimate of drug-likeness (QED) is 0.661. The van der Waals surface area contributed by atoms with Gasteiger partial charge in [-0.05, 0) is 30.7 Å². The lowest BCUT2D eigenvalue weighted by Gasteiger charge is -2.11. The van der Waals surface area contributed by atoms with Crippen molar-refractivity contribution in [1.82, 2.24) is 0 Å². The number of rotatable bonds is 3. The van der Waals surface area contributed by atoms with Gasteiger partial charge in [0.25, 0.3) is 0 Å². The highest BCUT2D eigenvalue weighted by atomic mass is 16.5. The number of hydrogen-bond donors (Lipinski definition) is 1. The molecule has 1 N–H and O–H groups in total. The number of nitrogens with one attached hydrogen (secondary N) is 1. The van der Waals surface area contributed by atoms with Crippen molar-refractivity contribution in [2.45, 2.75) is 6.92 Å². The van der Waals surface area contributed by atoms with Gasteiger partial charge in [0.05, 0.1) is 12.7 Å². The van der Waals surface area contributed by atoms with Crippen LogP contribution in [0.25, 0.3) is 0 Å². The molecule has 2 aromatic carbocycles. The molecule has 0 unspecified atom stereocenters. The monoisotopic (exact) mass is 241 g/mol. The standard InChI is InChI=1S/C15H15NO2/c1-11-7-3-5-9-13(11)18-15(16)12-8-4-6-10-14(12)17-2/h3-10,16H,1-2H3. The number of methoxy groups -OCH3 is 1. The first-order chi connectivity index (χ1) is 8.72. The van der Waals surface area contributed by atoms with Crippen LogP contribution in [0.2, 0.25) is 0 Å². The molecule has 2 rings (SSSR count). The number of aryl methyl sites for hydroxylation is 1. The second kappa shape index (κ2) is 5.36. The fourth-order valence-corrected chi connectivity index (χ4v) is 1.67. The van der Waals surface area contributed by atoms with Gasteiger partial charge in [0.15, 0.2) is 0 Å². The SMILES string of the molecule is COc1ccccc1C(=N)Oc1ccccc1C. The number of hydrogen-bond acceptors (Lipinski definition) is 3. The molecule has 0 radical (unpaired) electrons. The van der Waals surface area contributed by atoms with Gasteiger partial charge in [-0.25, -0.2) is 0 Å². The summed E-state index contributed by atoms with van der Waals surface area (Å²) in [4.78, 5) is 0. The van der Waals surface area contributed by atoms with E-state index in [4.69, 9.17) is 14.9 Å². The van der Waals surface area contributed by atoms with Crippen LogP contribution in [0.4, 0.5) is 0 Å². The average molecular weight is 241 g/mol. The maximum absolute atomic E-state index is 8.01. The minimum atomic E-state index is 0.0850. The van der Waals surface area contributed by atoms with E-state index in [1.54, 1.807) is 13.2 Å². The molecule has 0 fully saturated rings. The molecule has 0 saturated heterocycles. The van der Waals surface area contributed by atoms with E-state index in [1.165, 1.54) is 0 Å². The Morgan fingerprint density at radius 3 is 2.22 bits per heavy atom. The summed E-state index contributed by atoms with van der Waals surface area (Å²) in [5.74, 6) is 1.41. The Labute approximate surface area is 106 Å². The second-order valence-corrected chi connectivity index (χ2v) is 3.90. The van der Waals surface area contributed by atoms with E-state index in [-0.39, 0.29) is 5.90 Å². The third kappa shape index (κ3) is 2.51. The van der Waals surface area contributed by atoms with E-state index in [0.29, 0.717) is 17.1 Å². The van der Waals surface area contributed by atoms with Gasteiger partial charge >= 0.3 is 0 Å². The van der Waals surface area contributed by atoms with Crippen LogP contribution in [0.3, 0.4) is 0 Å². The van der Waals surface area contributed by atoms with E-state index in [0.717, 1.165) is 5.56 Å². The van der Waals surface area contributed by atoms with E-state index in [1.807, 2.05) is 49.4 Å². The van der Waals surface area contributed by atoms with Crippen molar-refractivity contribution in [3.8, 4) is 11.5 Å². The van der Waals surface area contributed by atoms with Crippen LogP contribution in [0, 0.1) is 12.3 Å². The molecule has 0 atom stereocenters. The molecule has 0 aliphatic rings. The van der Waals surface area contributed by atoms with Crippen molar-refractivity contribution >= 4 is 5.90 Å². The Kier molecular flexibility index (Phi) is 3.63. The lowest BCUT2D eigenvalue weighted by atomic mass is 10.2. The highest BCUT2D eigenvalue weighted by molar-refractivity contribution is 5.96. The van der Waals surface area contributed by atoms with Crippen LogP contribution in [0.15, 0.2) is 48.5 Å². The lowest BCUT2D eigenvalue weighted by molar-refractivity contribution is 0.411. The van der Waals surface area contributed by atoms with Crippen molar-refractivity contribution in [1.29, 1.82) is 5.41 Å². The van der Waals surface area contributed by atoms with Crippen LogP contribution in [-0.4, -0.2) is 13.0 Å². The van der Waals surface area contributed by atoms with E-state index in [9.17, 15) is 0 Å². The smallest absolute Gasteiger partial charge is 0.222 e. The van der Waals surface area contributed by atoms with Crippen LogP contribution < -0.4 is 9.47 Å². The fourth-order valence-electron chi connectivity index (χ4n) is 1.67. The van der Waals surface area contributed by atoms with Gasteiger partial charge in [0.1, 0.15) is 11.5 Å². The fraction of sp³-hybridized carbons (Fsp3) is 0.133. The Hall–Kier alpha value is -2.29. The van der Waals surface area contributed by atoms with Crippen LogP contribution in [0.1, 0.15) is 11.1 Å². The summed E-state index contributed by atoms with van der Waals surface area (Å²) in [6.45, 7) is 1.95. The van der Waals surface area contributed by atoms with Gasteiger partial charge in [0.2, 0.25) is 5.90 Å². The molecule has 0 heterocycles. The minimum absolute atomic E-state index is 0.0850. The van der Waals surface area contributed by atoms with Crippen LogP contribution >= 0.6 is 0 Å². The normalized spacial score (nSPS) is 9.89. The molecule has 0 saturated carbocycles. The van der Waals surface area contributed by atoms with E-state index >= 15 is 0 Å². The van der Waals surface area contributed by atoms with E-state index in [2.05, 4.69) is 0 Å². The molecule has 0 aliphatic carbocycles. The summed E-state index contributed by atoms with van der Waals surface area (Å²) in [6.07, 6.45) is 0. The van der Waals surface area contributed by atoms with Gasteiger partial charge in [0, 0.05) is 0 Å². The summed E-state index contributed by atoms with van der Waals surface area (Å²) < 4.78 is 10.8. The molecular weight excluding hydrogens is 226 g/mol. The van der Waals surface area contributed by atoms with Gasteiger partial charge in [-0.2, -0.15) is 0 Å². The van der Waals surface area contributed by atoms with Gasteiger partial charge in [-0.1, -0.05) is 30.3 Å². The molecule has 92 valence electrons. The first-order valence-electron chi connectivity index (χ1n) is 5.68. The summed E-state index contributed by atoms with van der Waals surface area (Å²) in [6, 6.07) is 15.0. The Balaban J connectivity index is 2.25. The molecule has 0 bridgehead atoms. The Bertz CT molecular complexity index is 564. The second-order valence-electron chi connectivity index (χ2n) is 3.90. The average Bonchev–Trinajstić information content (AvgIpc) is 2.41. The first kappa shape index (κ1) is 12.2. The number of para-hydroxylation sites is 2. The zero-order valence-corrected chi connectivity index (χ0v) is 10.4. The molecule has 0 aromatic heterocycles. The zero-order chi connectivity index (χ0) is 13.0. The van der Waals surface area contributed by atoms with Crippen LogP contribution in [0.5, 0.6) is 11.5 Å². The van der Waals surface area contributed by atoms with Gasteiger partial charge in [-0.3, -0.25) is 5.41 Å². The molecule has 0 spiro atoms. The number of benzene rings is 2. The van der Waals surface area contributed by atoms with Crippen molar-refractivity contribution in [2.75, 3.05) is 7.11 Å².